The van der Waals surface area contributed by atoms with Gasteiger partial charge in [0.1, 0.15) is 5.69 Å². The Morgan fingerprint density at radius 1 is 1.44 bits per heavy atom. The number of carbonyl (C=O) groups is 2. The summed E-state index contributed by atoms with van der Waals surface area (Å²) >= 11 is 1.61. The van der Waals surface area contributed by atoms with Crippen molar-refractivity contribution in [2.24, 2.45) is 0 Å². The topological polar surface area (TPSA) is 78.1 Å². The number of aromatic nitrogens is 2. The van der Waals surface area contributed by atoms with Crippen LogP contribution in [0.2, 0.25) is 0 Å². The standard InChI is InChI=1S/C18H24N4O2S/c1-11(2)15-8-16(21-20-15)18(24)22-5-4-13(9-22)19-17(23)7-14-6-12(3)10-25-14/h6,8,10-11,13H,4-5,7,9H2,1-3H3,(H,19,23)(H,20,21). The first kappa shape index (κ1) is 17.7. The first-order valence-corrected chi connectivity index (χ1v) is 9.48. The number of hydrogen-bond acceptors (Lipinski definition) is 4. The predicted octanol–water partition coefficient (Wildman–Crippen LogP) is 2.48. The molecular weight excluding hydrogens is 336 g/mol. The van der Waals surface area contributed by atoms with E-state index in [1.54, 1.807) is 16.2 Å². The van der Waals surface area contributed by atoms with Crippen LogP contribution in [0.1, 0.15) is 52.8 Å². The van der Waals surface area contributed by atoms with Crippen LogP contribution in [0.3, 0.4) is 0 Å². The van der Waals surface area contributed by atoms with E-state index in [4.69, 9.17) is 0 Å². The van der Waals surface area contributed by atoms with Crippen molar-refractivity contribution in [1.82, 2.24) is 20.4 Å². The second kappa shape index (κ2) is 7.39. The Balaban J connectivity index is 1.52. The summed E-state index contributed by atoms with van der Waals surface area (Å²) in [7, 11) is 0. The molecule has 25 heavy (non-hydrogen) atoms. The number of amides is 2. The number of aryl methyl sites for hydroxylation is 1. The molecule has 3 heterocycles. The first-order valence-electron chi connectivity index (χ1n) is 8.60. The fourth-order valence-corrected chi connectivity index (χ4v) is 3.86. The van der Waals surface area contributed by atoms with Crippen molar-refractivity contribution in [2.45, 2.75) is 45.6 Å². The van der Waals surface area contributed by atoms with Crippen molar-refractivity contribution in [2.75, 3.05) is 13.1 Å². The molecule has 3 rings (SSSR count). The van der Waals surface area contributed by atoms with Crippen LogP contribution in [0.25, 0.3) is 0 Å². The van der Waals surface area contributed by atoms with Gasteiger partial charge in [-0.15, -0.1) is 11.3 Å². The Bertz CT molecular complexity index is 765. The quantitative estimate of drug-likeness (QED) is 0.860. The summed E-state index contributed by atoms with van der Waals surface area (Å²) in [5.74, 6) is 0.248. The average Bonchev–Trinajstić information content (AvgIpc) is 3.27. The molecule has 2 aromatic rings. The van der Waals surface area contributed by atoms with E-state index in [1.165, 1.54) is 5.56 Å². The monoisotopic (exact) mass is 360 g/mol. The highest BCUT2D eigenvalue weighted by atomic mass is 32.1. The van der Waals surface area contributed by atoms with Crippen molar-refractivity contribution in [3.63, 3.8) is 0 Å². The minimum absolute atomic E-state index is 0.0148. The molecule has 1 saturated heterocycles. The Kier molecular flexibility index (Phi) is 5.22. The van der Waals surface area contributed by atoms with Gasteiger partial charge in [0.2, 0.25) is 5.91 Å². The molecule has 1 unspecified atom stereocenters. The normalized spacial score (nSPS) is 17.3. The van der Waals surface area contributed by atoms with Gasteiger partial charge in [-0.25, -0.2) is 0 Å². The van der Waals surface area contributed by atoms with Gasteiger partial charge in [0.15, 0.2) is 0 Å². The first-order chi connectivity index (χ1) is 11.9. The van der Waals surface area contributed by atoms with Crippen molar-refractivity contribution in [1.29, 1.82) is 0 Å². The van der Waals surface area contributed by atoms with Crippen LogP contribution >= 0.6 is 11.3 Å². The molecule has 0 aromatic carbocycles. The number of H-pyrrole nitrogens is 1. The third-order valence-corrected chi connectivity index (χ3v) is 5.45. The maximum absolute atomic E-state index is 12.5. The zero-order valence-corrected chi connectivity index (χ0v) is 15.7. The van der Waals surface area contributed by atoms with E-state index in [0.29, 0.717) is 31.1 Å². The van der Waals surface area contributed by atoms with E-state index >= 15 is 0 Å². The summed E-state index contributed by atoms with van der Waals surface area (Å²) in [6.45, 7) is 7.32. The highest BCUT2D eigenvalue weighted by Gasteiger charge is 2.29. The van der Waals surface area contributed by atoms with E-state index in [0.717, 1.165) is 17.0 Å². The molecule has 2 amide bonds. The number of nitrogens with zero attached hydrogens (tertiary/aromatic N) is 2. The summed E-state index contributed by atoms with van der Waals surface area (Å²) in [6.07, 6.45) is 1.18. The van der Waals surface area contributed by atoms with Crippen LogP contribution in [0.15, 0.2) is 17.5 Å². The van der Waals surface area contributed by atoms with Crippen LogP contribution < -0.4 is 5.32 Å². The van der Waals surface area contributed by atoms with Gasteiger partial charge in [-0.05, 0) is 42.3 Å². The van der Waals surface area contributed by atoms with E-state index in [1.807, 2.05) is 24.4 Å². The van der Waals surface area contributed by atoms with E-state index < -0.39 is 0 Å². The number of carbonyl (C=O) groups excluding carboxylic acids is 2. The lowest BCUT2D eigenvalue weighted by Gasteiger charge is -2.16. The van der Waals surface area contributed by atoms with Crippen LogP contribution in [-0.2, 0) is 11.2 Å². The molecule has 0 bridgehead atoms. The van der Waals surface area contributed by atoms with Gasteiger partial charge < -0.3 is 10.2 Å². The second-order valence-corrected chi connectivity index (χ2v) is 7.93. The van der Waals surface area contributed by atoms with Crippen LogP contribution in [0.5, 0.6) is 0 Å². The van der Waals surface area contributed by atoms with Crippen LogP contribution in [0, 0.1) is 6.92 Å². The number of rotatable bonds is 5. The molecular formula is C18H24N4O2S. The van der Waals surface area contributed by atoms with Crippen molar-refractivity contribution in [3.8, 4) is 0 Å². The third-order valence-electron chi connectivity index (χ3n) is 4.40. The number of likely N-dealkylation sites (tertiary alicyclic amines) is 1. The molecule has 2 N–H and O–H groups in total. The lowest BCUT2D eigenvalue weighted by Crippen LogP contribution is -2.39. The minimum atomic E-state index is -0.0752. The van der Waals surface area contributed by atoms with Crippen molar-refractivity contribution in [3.05, 3.63) is 39.3 Å². The van der Waals surface area contributed by atoms with Gasteiger partial charge in [0.25, 0.3) is 5.91 Å². The number of thiophene rings is 1. The van der Waals surface area contributed by atoms with E-state index in [2.05, 4.69) is 29.4 Å². The van der Waals surface area contributed by atoms with Crippen LogP contribution in [0.4, 0.5) is 0 Å². The minimum Gasteiger partial charge on any atom is -0.351 e. The maximum Gasteiger partial charge on any atom is 0.274 e. The van der Waals surface area contributed by atoms with E-state index in [-0.39, 0.29) is 17.9 Å². The van der Waals surface area contributed by atoms with Crippen molar-refractivity contribution >= 4 is 23.2 Å². The fourth-order valence-electron chi connectivity index (χ4n) is 2.99. The molecule has 0 saturated carbocycles. The van der Waals surface area contributed by atoms with E-state index in [9.17, 15) is 9.59 Å². The molecule has 1 aliphatic rings. The molecule has 7 heteroatoms. The van der Waals surface area contributed by atoms with Gasteiger partial charge in [0, 0.05) is 29.7 Å². The highest BCUT2D eigenvalue weighted by Crippen LogP contribution is 2.17. The largest absolute Gasteiger partial charge is 0.351 e. The molecule has 1 atom stereocenters. The fraction of sp³-hybridized carbons (Fsp3) is 0.500. The average molecular weight is 360 g/mol. The Hall–Kier alpha value is -2.15. The van der Waals surface area contributed by atoms with Crippen molar-refractivity contribution < 1.29 is 9.59 Å². The number of aromatic amines is 1. The van der Waals surface area contributed by atoms with Gasteiger partial charge in [-0.3, -0.25) is 14.7 Å². The molecule has 6 nitrogen and oxygen atoms in total. The molecule has 134 valence electrons. The highest BCUT2D eigenvalue weighted by molar-refractivity contribution is 7.10. The zero-order valence-electron chi connectivity index (χ0n) is 14.8. The Morgan fingerprint density at radius 3 is 2.88 bits per heavy atom. The van der Waals surface area contributed by atoms with Gasteiger partial charge in [-0.2, -0.15) is 5.10 Å². The summed E-state index contributed by atoms with van der Waals surface area (Å²) in [5, 5.41) is 12.1. The third kappa shape index (κ3) is 4.28. The van der Waals surface area contributed by atoms with Gasteiger partial charge >= 0.3 is 0 Å². The summed E-state index contributed by atoms with van der Waals surface area (Å²) in [6, 6.07) is 3.87. The smallest absolute Gasteiger partial charge is 0.274 e. The molecule has 1 fully saturated rings. The molecule has 0 radical (unpaired) electrons. The zero-order chi connectivity index (χ0) is 18.0. The molecule has 1 aliphatic heterocycles. The molecule has 2 aromatic heterocycles. The summed E-state index contributed by atoms with van der Waals surface area (Å²) < 4.78 is 0. The Labute approximate surface area is 151 Å². The lowest BCUT2D eigenvalue weighted by atomic mass is 10.1. The summed E-state index contributed by atoms with van der Waals surface area (Å²) in [4.78, 5) is 27.6. The van der Waals surface area contributed by atoms with Gasteiger partial charge in [-0.1, -0.05) is 13.8 Å². The number of hydrogen-bond donors (Lipinski definition) is 2. The predicted molar refractivity (Wildman–Crippen MR) is 97.9 cm³/mol. The number of nitrogens with one attached hydrogen (secondary N) is 2. The Morgan fingerprint density at radius 2 is 2.24 bits per heavy atom. The van der Waals surface area contributed by atoms with Crippen LogP contribution in [-0.4, -0.2) is 46.0 Å². The molecule has 0 aliphatic carbocycles. The molecule has 0 spiro atoms. The van der Waals surface area contributed by atoms with Gasteiger partial charge in [0.05, 0.1) is 6.42 Å². The lowest BCUT2D eigenvalue weighted by molar-refractivity contribution is -0.121. The summed E-state index contributed by atoms with van der Waals surface area (Å²) in [5.41, 5.74) is 2.59. The maximum atomic E-state index is 12.5. The SMILES string of the molecule is Cc1csc(CC(=O)NC2CCN(C(=O)c3cc(C(C)C)[nH]n3)C2)c1. The second-order valence-electron chi connectivity index (χ2n) is 6.93.